The van der Waals surface area contributed by atoms with Crippen LogP contribution in [0.3, 0.4) is 0 Å². The lowest BCUT2D eigenvalue weighted by molar-refractivity contribution is 0.567. The Morgan fingerprint density at radius 2 is 1.76 bits per heavy atom. The zero-order chi connectivity index (χ0) is 15.0. The summed E-state index contributed by atoms with van der Waals surface area (Å²) in [5.41, 5.74) is 2.17. The molecule has 2 aromatic heterocycles. The molecule has 0 spiro atoms. The molecule has 0 amide bonds. The van der Waals surface area contributed by atoms with Gasteiger partial charge in [-0.15, -0.1) is 0 Å². The third-order valence-corrected chi connectivity index (χ3v) is 2.38. The lowest BCUT2D eigenvalue weighted by atomic mass is 9.91. The zero-order valence-electron chi connectivity index (χ0n) is 13.1. The van der Waals surface area contributed by atoms with Crippen LogP contribution in [0.5, 0.6) is 0 Å². The number of aromatic nitrogens is 4. The molecule has 0 saturated carbocycles. The highest BCUT2D eigenvalue weighted by atomic mass is 14.9. The quantitative estimate of drug-likeness (QED) is 0.756. The summed E-state index contributed by atoms with van der Waals surface area (Å²) in [5, 5.41) is 0. The molecule has 0 aromatic carbocycles. The van der Waals surface area contributed by atoms with Crippen molar-refractivity contribution in [3.05, 3.63) is 36.3 Å². The number of nitrogens with zero attached hydrogens (tertiary/aromatic N) is 4. The maximum absolute atomic E-state index is 7.25. The van der Waals surface area contributed by atoms with Gasteiger partial charge in [-0.3, -0.25) is 0 Å². The number of rotatable bonds is 1. The van der Waals surface area contributed by atoms with E-state index >= 15 is 0 Å². The lowest BCUT2D eigenvalue weighted by Crippen LogP contribution is -2.13. The molecule has 0 unspecified atom stereocenters. The van der Waals surface area contributed by atoms with Gasteiger partial charge in [-0.25, -0.2) is 19.9 Å². The molecular weight excluding hydrogens is 212 g/mol. The highest BCUT2D eigenvalue weighted by Crippen LogP contribution is 2.23. The standard InChI is InChI=1S/C13H16N4/c1-9-14-6-10(7-15-9)11-5-12(13(2,3)4)17-8-16-11/h5-8H,1-4H3/i1D3. The van der Waals surface area contributed by atoms with Gasteiger partial charge in [0, 0.05) is 33.2 Å². The third-order valence-electron chi connectivity index (χ3n) is 2.38. The van der Waals surface area contributed by atoms with Gasteiger partial charge in [0.15, 0.2) is 0 Å². The Balaban J connectivity index is 2.38. The SMILES string of the molecule is [2H]C([2H])([2H])c1ncc(-c2cc(C(C)(C)C)ncn2)cn1. The van der Waals surface area contributed by atoms with Crippen LogP contribution in [0.1, 0.15) is 36.4 Å². The normalized spacial score (nSPS) is 14.9. The molecule has 0 aliphatic carbocycles. The summed E-state index contributed by atoms with van der Waals surface area (Å²) in [7, 11) is 0. The minimum Gasteiger partial charge on any atom is -0.241 e. The Hall–Kier alpha value is -1.84. The first kappa shape index (κ1) is 8.28. The smallest absolute Gasteiger partial charge is 0.125 e. The first-order valence-corrected chi connectivity index (χ1v) is 5.33. The minimum atomic E-state index is -2.29. The number of hydrogen-bond acceptors (Lipinski definition) is 4. The Bertz CT molecular complexity index is 600. The van der Waals surface area contributed by atoms with Gasteiger partial charge in [0.2, 0.25) is 0 Å². The Kier molecular flexibility index (Phi) is 2.05. The molecule has 0 saturated heterocycles. The topological polar surface area (TPSA) is 51.6 Å². The summed E-state index contributed by atoms with van der Waals surface area (Å²) in [6.07, 6.45) is 4.44. The van der Waals surface area contributed by atoms with Crippen LogP contribution in [0, 0.1) is 6.85 Å². The van der Waals surface area contributed by atoms with E-state index in [1.807, 2.05) is 6.07 Å². The van der Waals surface area contributed by atoms with Crippen molar-refractivity contribution in [3.63, 3.8) is 0 Å². The van der Waals surface area contributed by atoms with E-state index < -0.39 is 6.85 Å². The predicted molar refractivity (Wildman–Crippen MR) is 66.5 cm³/mol. The van der Waals surface area contributed by atoms with Crippen molar-refractivity contribution in [2.45, 2.75) is 33.0 Å². The van der Waals surface area contributed by atoms with Crippen molar-refractivity contribution in [2.24, 2.45) is 0 Å². The largest absolute Gasteiger partial charge is 0.241 e. The van der Waals surface area contributed by atoms with E-state index in [0.29, 0.717) is 11.3 Å². The van der Waals surface area contributed by atoms with Crippen LogP contribution in [0.4, 0.5) is 0 Å². The second kappa shape index (κ2) is 4.20. The molecule has 17 heavy (non-hydrogen) atoms. The lowest BCUT2D eigenvalue weighted by Gasteiger charge is -2.17. The molecule has 0 bridgehead atoms. The Morgan fingerprint density at radius 1 is 1.06 bits per heavy atom. The van der Waals surface area contributed by atoms with Gasteiger partial charge >= 0.3 is 0 Å². The van der Waals surface area contributed by atoms with Crippen LogP contribution in [-0.4, -0.2) is 19.9 Å². The molecular formula is C13H16N4. The van der Waals surface area contributed by atoms with Gasteiger partial charge in [0.05, 0.1) is 5.69 Å². The molecule has 0 fully saturated rings. The van der Waals surface area contributed by atoms with E-state index in [1.54, 1.807) is 0 Å². The summed E-state index contributed by atoms with van der Waals surface area (Å²) in [6.45, 7) is 3.90. The highest BCUT2D eigenvalue weighted by molar-refractivity contribution is 5.56. The highest BCUT2D eigenvalue weighted by Gasteiger charge is 2.16. The molecule has 0 aliphatic heterocycles. The van der Waals surface area contributed by atoms with Crippen LogP contribution in [0.2, 0.25) is 0 Å². The van der Waals surface area contributed by atoms with E-state index in [9.17, 15) is 0 Å². The fourth-order valence-corrected chi connectivity index (χ4v) is 1.39. The second-order valence-electron chi connectivity index (χ2n) is 4.83. The van der Waals surface area contributed by atoms with Gasteiger partial charge in [-0.1, -0.05) is 20.8 Å². The molecule has 0 N–H and O–H groups in total. The predicted octanol–water partition coefficient (Wildman–Crippen LogP) is 2.54. The van der Waals surface area contributed by atoms with Crippen molar-refractivity contribution >= 4 is 0 Å². The Labute approximate surface area is 105 Å². The average molecular weight is 231 g/mol. The van der Waals surface area contributed by atoms with Crippen molar-refractivity contribution < 1.29 is 4.11 Å². The summed E-state index contributed by atoms with van der Waals surface area (Å²) >= 11 is 0. The van der Waals surface area contributed by atoms with Gasteiger partial charge < -0.3 is 0 Å². The summed E-state index contributed by atoms with van der Waals surface area (Å²) < 4.78 is 21.7. The first-order chi connectivity index (χ1) is 9.18. The second-order valence-corrected chi connectivity index (χ2v) is 4.83. The monoisotopic (exact) mass is 231 g/mol. The van der Waals surface area contributed by atoms with Crippen LogP contribution in [0.15, 0.2) is 24.8 Å². The van der Waals surface area contributed by atoms with E-state index in [2.05, 4.69) is 40.7 Å². The van der Waals surface area contributed by atoms with Gasteiger partial charge in [0.25, 0.3) is 0 Å². The fraction of sp³-hybridized carbons (Fsp3) is 0.385. The van der Waals surface area contributed by atoms with E-state index in [-0.39, 0.29) is 11.2 Å². The fourth-order valence-electron chi connectivity index (χ4n) is 1.39. The first-order valence-electron chi connectivity index (χ1n) is 6.83. The molecule has 2 heterocycles. The van der Waals surface area contributed by atoms with Crippen LogP contribution >= 0.6 is 0 Å². The molecule has 88 valence electrons. The maximum Gasteiger partial charge on any atom is 0.125 e. The molecule has 2 aromatic rings. The summed E-state index contributed by atoms with van der Waals surface area (Å²) in [5.74, 6) is -0.161. The molecule has 0 radical (unpaired) electrons. The zero-order valence-corrected chi connectivity index (χ0v) is 10.1. The van der Waals surface area contributed by atoms with Crippen molar-refractivity contribution in [1.29, 1.82) is 0 Å². The van der Waals surface area contributed by atoms with E-state index in [0.717, 1.165) is 5.69 Å². The van der Waals surface area contributed by atoms with Crippen LogP contribution in [0.25, 0.3) is 11.3 Å². The average Bonchev–Trinajstić information content (AvgIpc) is 2.37. The maximum atomic E-state index is 7.25. The van der Waals surface area contributed by atoms with Crippen molar-refractivity contribution in [1.82, 2.24) is 19.9 Å². The molecule has 4 heteroatoms. The van der Waals surface area contributed by atoms with Gasteiger partial charge in [0.1, 0.15) is 12.2 Å². The van der Waals surface area contributed by atoms with Crippen molar-refractivity contribution in [2.75, 3.05) is 0 Å². The van der Waals surface area contributed by atoms with Crippen molar-refractivity contribution in [3.8, 4) is 11.3 Å². The minimum absolute atomic E-state index is 0.0861. The molecule has 0 aliphatic rings. The van der Waals surface area contributed by atoms with Gasteiger partial charge in [-0.05, 0) is 12.9 Å². The molecule has 4 nitrogen and oxygen atoms in total. The molecule has 2 rings (SSSR count). The van der Waals surface area contributed by atoms with E-state index in [1.165, 1.54) is 18.7 Å². The van der Waals surface area contributed by atoms with E-state index in [4.69, 9.17) is 4.11 Å². The molecule has 0 atom stereocenters. The number of hydrogen-bond donors (Lipinski definition) is 0. The summed E-state index contributed by atoms with van der Waals surface area (Å²) in [4.78, 5) is 16.2. The van der Waals surface area contributed by atoms with Crippen LogP contribution < -0.4 is 0 Å². The number of aryl methyl sites for hydroxylation is 1. The third kappa shape index (κ3) is 2.64. The summed E-state index contributed by atoms with van der Waals surface area (Å²) in [6, 6.07) is 1.87. The Morgan fingerprint density at radius 3 is 2.35 bits per heavy atom. The van der Waals surface area contributed by atoms with Crippen LogP contribution in [-0.2, 0) is 5.41 Å². The van der Waals surface area contributed by atoms with Gasteiger partial charge in [-0.2, -0.15) is 0 Å².